The molecule has 1 amide bonds. The standard InChI is InChI=1S/C20H23FN2O4S/c1-14-3-6-17(7-4-14)28(25,26)23-11-9-16(10-12-23)22-20(24)18-13-15(21)5-8-19(18)27-2/h3-8,13,16H,9-12H2,1-2H3,(H,22,24). The van der Waals surface area contributed by atoms with E-state index in [4.69, 9.17) is 4.74 Å². The molecule has 28 heavy (non-hydrogen) atoms. The maximum Gasteiger partial charge on any atom is 0.255 e. The van der Waals surface area contributed by atoms with Crippen molar-refractivity contribution >= 4 is 15.9 Å². The molecule has 1 fully saturated rings. The van der Waals surface area contributed by atoms with E-state index in [9.17, 15) is 17.6 Å². The molecule has 1 aliphatic heterocycles. The van der Waals surface area contributed by atoms with Gasteiger partial charge in [0.1, 0.15) is 11.6 Å². The number of piperidine rings is 1. The van der Waals surface area contributed by atoms with Gasteiger partial charge in [0.15, 0.2) is 0 Å². The number of nitrogens with one attached hydrogen (secondary N) is 1. The zero-order valence-corrected chi connectivity index (χ0v) is 16.6. The van der Waals surface area contributed by atoms with E-state index in [2.05, 4.69) is 5.32 Å². The number of amides is 1. The molecule has 1 N–H and O–H groups in total. The van der Waals surface area contributed by atoms with E-state index in [1.165, 1.54) is 23.5 Å². The number of ether oxygens (including phenoxy) is 1. The predicted molar refractivity (Wildman–Crippen MR) is 103 cm³/mol. The minimum atomic E-state index is -3.55. The van der Waals surface area contributed by atoms with E-state index < -0.39 is 21.7 Å². The van der Waals surface area contributed by atoms with Gasteiger partial charge >= 0.3 is 0 Å². The quantitative estimate of drug-likeness (QED) is 0.829. The van der Waals surface area contributed by atoms with Crippen molar-refractivity contribution in [1.82, 2.24) is 9.62 Å². The highest BCUT2D eigenvalue weighted by atomic mass is 32.2. The number of sulfonamides is 1. The average molecular weight is 406 g/mol. The number of halogens is 1. The summed E-state index contributed by atoms with van der Waals surface area (Å²) in [6.07, 6.45) is 0.961. The number of rotatable bonds is 5. The van der Waals surface area contributed by atoms with Crippen LogP contribution in [0.2, 0.25) is 0 Å². The van der Waals surface area contributed by atoms with E-state index in [1.54, 1.807) is 24.3 Å². The first-order valence-corrected chi connectivity index (χ1v) is 10.5. The molecule has 0 radical (unpaired) electrons. The van der Waals surface area contributed by atoms with Gasteiger partial charge in [0, 0.05) is 19.1 Å². The van der Waals surface area contributed by atoms with Crippen molar-refractivity contribution in [3.63, 3.8) is 0 Å². The van der Waals surface area contributed by atoms with Gasteiger partial charge in [-0.1, -0.05) is 17.7 Å². The monoisotopic (exact) mass is 406 g/mol. The fraction of sp³-hybridized carbons (Fsp3) is 0.350. The van der Waals surface area contributed by atoms with Crippen molar-refractivity contribution in [1.29, 1.82) is 0 Å². The number of carbonyl (C=O) groups excluding carboxylic acids is 1. The number of nitrogens with zero attached hydrogens (tertiary/aromatic N) is 1. The van der Waals surface area contributed by atoms with Crippen molar-refractivity contribution < 1.29 is 22.3 Å². The number of methoxy groups -OCH3 is 1. The van der Waals surface area contributed by atoms with Crippen LogP contribution in [0, 0.1) is 12.7 Å². The summed E-state index contributed by atoms with van der Waals surface area (Å²) in [5, 5.41) is 2.85. The molecule has 2 aromatic carbocycles. The Labute approximate surface area is 164 Å². The number of benzene rings is 2. The van der Waals surface area contributed by atoms with E-state index in [0.29, 0.717) is 31.7 Å². The van der Waals surface area contributed by atoms with Crippen molar-refractivity contribution in [3.05, 3.63) is 59.4 Å². The fourth-order valence-corrected chi connectivity index (χ4v) is 4.69. The summed E-state index contributed by atoms with van der Waals surface area (Å²) in [5.41, 5.74) is 1.12. The summed E-state index contributed by atoms with van der Waals surface area (Å²) in [7, 11) is -2.13. The molecule has 2 aromatic rings. The molecule has 0 aliphatic carbocycles. The third-order valence-electron chi connectivity index (χ3n) is 4.85. The Hall–Kier alpha value is -2.45. The van der Waals surface area contributed by atoms with Gasteiger partial charge in [-0.3, -0.25) is 4.79 Å². The largest absolute Gasteiger partial charge is 0.496 e. The Morgan fingerprint density at radius 3 is 2.39 bits per heavy atom. The minimum absolute atomic E-state index is 0.122. The van der Waals surface area contributed by atoms with Gasteiger partial charge in [-0.25, -0.2) is 12.8 Å². The lowest BCUT2D eigenvalue weighted by Crippen LogP contribution is -2.46. The second kappa shape index (κ2) is 8.28. The van der Waals surface area contributed by atoms with Crippen molar-refractivity contribution in [3.8, 4) is 5.75 Å². The van der Waals surface area contributed by atoms with E-state index in [-0.39, 0.29) is 16.5 Å². The molecule has 8 heteroatoms. The Balaban J connectivity index is 1.63. The molecule has 6 nitrogen and oxygen atoms in total. The summed E-state index contributed by atoms with van der Waals surface area (Å²) in [6, 6.07) is 10.3. The van der Waals surface area contributed by atoms with Crippen molar-refractivity contribution in [2.75, 3.05) is 20.2 Å². The third kappa shape index (κ3) is 4.34. The molecule has 0 saturated carbocycles. The van der Waals surface area contributed by atoms with Crippen LogP contribution < -0.4 is 10.1 Å². The Morgan fingerprint density at radius 1 is 1.14 bits per heavy atom. The summed E-state index contributed by atoms with van der Waals surface area (Å²) in [5.74, 6) is -0.667. The molecule has 0 unspecified atom stereocenters. The predicted octanol–water partition coefficient (Wildman–Crippen LogP) is 2.73. The highest BCUT2D eigenvalue weighted by Gasteiger charge is 2.30. The zero-order chi connectivity index (χ0) is 20.3. The summed E-state index contributed by atoms with van der Waals surface area (Å²) < 4.78 is 45.5. The fourth-order valence-electron chi connectivity index (χ4n) is 3.22. The third-order valence-corrected chi connectivity index (χ3v) is 6.77. The lowest BCUT2D eigenvalue weighted by molar-refractivity contribution is 0.0920. The van der Waals surface area contributed by atoms with Gasteiger partial charge in [-0.15, -0.1) is 0 Å². The number of carbonyl (C=O) groups is 1. The molecule has 1 aliphatic rings. The van der Waals surface area contributed by atoms with Gasteiger partial charge in [-0.05, 0) is 50.1 Å². The van der Waals surface area contributed by atoms with Crippen LogP contribution in [0.1, 0.15) is 28.8 Å². The summed E-state index contributed by atoms with van der Waals surface area (Å²) in [4.78, 5) is 12.8. The molecule has 1 heterocycles. The van der Waals surface area contributed by atoms with Crippen LogP contribution in [-0.4, -0.2) is 44.9 Å². The molecule has 0 aromatic heterocycles. The van der Waals surface area contributed by atoms with Gasteiger partial charge in [0.25, 0.3) is 5.91 Å². The molecule has 0 bridgehead atoms. The number of hydrogen-bond acceptors (Lipinski definition) is 4. The lowest BCUT2D eigenvalue weighted by Gasteiger charge is -2.31. The summed E-state index contributed by atoms with van der Waals surface area (Å²) in [6.45, 7) is 2.51. The van der Waals surface area contributed by atoms with Gasteiger partial charge in [0.05, 0.1) is 17.6 Å². The van der Waals surface area contributed by atoms with Crippen molar-refractivity contribution in [2.45, 2.75) is 30.7 Å². The maximum atomic E-state index is 13.5. The Kier molecular flexibility index (Phi) is 6.00. The van der Waals surface area contributed by atoms with Crippen LogP contribution >= 0.6 is 0 Å². The first-order valence-electron chi connectivity index (χ1n) is 9.02. The molecule has 150 valence electrons. The van der Waals surface area contributed by atoms with Gasteiger partial charge in [-0.2, -0.15) is 4.31 Å². The molecular weight excluding hydrogens is 383 g/mol. The smallest absolute Gasteiger partial charge is 0.255 e. The van der Waals surface area contributed by atoms with Crippen LogP contribution in [0.5, 0.6) is 5.75 Å². The van der Waals surface area contributed by atoms with Crippen LogP contribution in [0.15, 0.2) is 47.4 Å². The van der Waals surface area contributed by atoms with Crippen LogP contribution in [0.25, 0.3) is 0 Å². The second-order valence-corrected chi connectivity index (χ2v) is 8.75. The topological polar surface area (TPSA) is 75.7 Å². The zero-order valence-electron chi connectivity index (χ0n) is 15.8. The lowest BCUT2D eigenvalue weighted by atomic mass is 10.1. The first kappa shape index (κ1) is 20.3. The van der Waals surface area contributed by atoms with Gasteiger partial charge < -0.3 is 10.1 Å². The van der Waals surface area contributed by atoms with Crippen LogP contribution in [0.3, 0.4) is 0 Å². The van der Waals surface area contributed by atoms with Crippen LogP contribution in [0.4, 0.5) is 4.39 Å². The highest BCUT2D eigenvalue weighted by molar-refractivity contribution is 7.89. The molecule has 3 rings (SSSR count). The first-order chi connectivity index (χ1) is 13.3. The minimum Gasteiger partial charge on any atom is -0.496 e. The highest BCUT2D eigenvalue weighted by Crippen LogP contribution is 2.23. The normalized spacial score (nSPS) is 16.0. The molecular formula is C20H23FN2O4S. The van der Waals surface area contributed by atoms with E-state index >= 15 is 0 Å². The molecule has 0 atom stereocenters. The summed E-state index contributed by atoms with van der Waals surface area (Å²) >= 11 is 0. The number of hydrogen-bond donors (Lipinski definition) is 1. The number of aryl methyl sites for hydroxylation is 1. The van der Waals surface area contributed by atoms with Crippen LogP contribution in [-0.2, 0) is 10.0 Å². The van der Waals surface area contributed by atoms with Gasteiger partial charge in [0.2, 0.25) is 10.0 Å². The van der Waals surface area contributed by atoms with E-state index in [1.807, 2.05) is 6.92 Å². The maximum absolute atomic E-state index is 13.5. The Morgan fingerprint density at radius 2 is 1.79 bits per heavy atom. The second-order valence-electron chi connectivity index (χ2n) is 6.81. The SMILES string of the molecule is COc1ccc(F)cc1C(=O)NC1CCN(S(=O)(=O)c2ccc(C)cc2)CC1. The molecule has 0 spiro atoms. The molecule has 1 saturated heterocycles. The Bertz CT molecular complexity index is 953. The van der Waals surface area contributed by atoms with E-state index in [0.717, 1.165) is 11.6 Å². The van der Waals surface area contributed by atoms with Crippen molar-refractivity contribution in [2.24, 2.45) is 0 Å². The average Bonchev–Trinajstić information content (AvgIpc) is 2.68.